The van der Waals surface area contributed by atoms with Crippen LogP contribution in [-0.4, -0.2) is 20.4 Å². The van der Waals surface area contributed by atoms with E-state index in [0.717, 1.165) is 10.9 Å². The second-order valence-corrected chi connectivity index (χ2v) is 5.26. The Bertz CT molecular complexity index is 663. The fraction of sp³-hybridized carbons (Fsp3) is 0.444. The van der Waals surface area contributed by atoms with Gasteiger partial charge in [0, 0.05) is 12.3 Å². The van der Waals surface area contributed by atoms with Crippen molar-refractivity contribution in [3.05, 3.63) is 21.2 Å². The zero-order chi connectivity index (χ0) is 11.3. The van der Waals surface area contributed by atoms with E-state index >= 15 is 0 Å². The third-order valence-electron chi connectivity index (χ3n) is 2.49. The van der Waals surface area contributed by atoms with Gasteiger partial charge in [-0.15, -0.1) is 0 Å². The minimum absolute atomic E-state index is 0.123. The van der Waals surface area contributed by atoms with Gasteiger partial charge in [-0.05, 0) is 18.1 Å². The molecular weight excluding hydrogens is 244 g/mol. The summed E-state index contributed by atoms with van der Waals surface area (Å²) in [4.78, 5) is 24.3. The number of fused-ring (bicyclic) bond motifs is 2. The lowest BCUT2D eigenvalue weighted by atomic mass is 10.2. The molecule has 2 aliphatic heterocycles. The molecule has 1 aromatic heterocycles. The van der Waals surface area contributed by atoms with Crippen molar-refractivity contribution < 1.29 is 0 Å². The molecule has 0 spiro atoms. The monoisotopic (exact) mass is 252 g/mol. The summed E-state index contributed by atoms with van der Waals surface area (Å²) in [6.07, 6.45) is 0. The normalized spacial score (nSPS) is 22.1. The highest BCUT2D eigenvalue weighted by molar-refractivity contribution is 7.99. The summed E-state index contributed by atoms with van der Waals surface area (Å²) in [6.45, 7) is 2.81. The standard InChI is InChI=1S/C9H8N4OS2/c1-4-2-13-7(14)5-6(11-8(15)10-5)12-9(13)16-3-4/h4H,2-3H2,1H3. The molecule has 0 radical (unpaired) electrons. The van der Waals surface area contributed by atoms with E-state index in [1.165, 1.54) is 0 Å². The molecular formula is C9H8N4OS2. The van der Waals surface area contributed by atoms with Crippen LogP contribution in [0.4, 0.5) is 0 Å². The van der Waals surface area contributed by atoms with Gasteiger partial charge in [-0.3, -0.25) is 9.36 Å². The van der Waals surface area contributed by atoms with Crippen LogP contribution in [0.2, 0.25) is 0 Å². The van der Waals surface area contributed by atoms with Crippen molar-refractivity contribution in [2.75, 3.05) is 5.75 Å². The van der Waals surface area contributed by atoms with E-state index in [-0.39, 0.29) is 10.7 Å². The molecule has 0 amide bonds. The van der Waals surface area contributed by atoms with Gasteiger partial charge in [-0.2, -0.15) is 4.99 Å². The van der Waals surface area contributed by atoms with E-state index in [1.54, 1.807) is 16.3 Å². The Hall–Kier alpha value is -1.08. The van der Waals surface area contributed by atoms with Crippen molar-refractivity contribution in [2.24, 2.45) is 15.9 Å². The summed E-state index contributed by atoms with van der Waals surface area (Å²) < 4.78 is 1.67. The van der Waals surface area contributed by atoms with Gasteiger partial charge < -0.3 is 0 Å². The summed E-state index contributed by atoms with van der Waals surface area (Å²) in [5.41, 5.74) is 0.256. The van der Waals surface area contributed by atoms with Crippen molar-refractivity contribution in [3.63, 3.8) is 0 Å². The fourth-order valence-electron chi connectivity index (χ4n) is 1.75. The van der Waals surface area contributed by atoms with E-state index in [4.69, 9.17) is 12.2 Å². The Morgan fingerprint density at radius 2 is 2.31 bits per heavy atom. The molecule has 0 aromatic carbocycles. The van der Waals surface area contributed by atoms with E-state index in [0.29, 0.717) is 23.3 Å². The fourth-order valence-corrected chi connectivity index (χ4v) is 2.93. The van der Waals surface area contributed by atoms with E-state index in [1.807, 2.05) is 0 Å². The zero-order valence-corrected chi connectivity index (χ0v) is 10.1. The molecule has 0 saturated heterocycles. The van der Waals surface area contributed by atoms with Crippen molar-refractivity contribution in [2.45, 2.75) is 18.6 Å². The molecule has 0 N–H and O–H groups in total. The van der Waals surface area contributed by atoms with Gasteiger partial charge in [0.15, 0.2) is 16.0 Å². The van der Waals surface area contributed by atoms with E-state index in [2.05, 4.69) is 21.9 Å². The molecule has 1 unspecified atom stereocenters. The minimum Gasteiger partial charge on any atom is -0.285 e. The SMILES string of the molecule is CC1CSc2nc3c(c(=O)n2C1)=NC(=S)N=3. The van der Waals surface area contributed by atoms with Gasteiger partial charge in [0.2, 0.25) is 5.11 Å². The molecule has 0 fully saturated rings. The van der Waals surface area contributed by atoms with Crippen LogP contribution in [0.3, 0.4) is 0 Å². The van der Waals surface area contributed by atoms with Crippen molar-refractivity contribution in [1.82, 2.24) is 9.55 Å². The van der Waals surface area contributed by atoms with Gasteiger partial charge >= 0.3 is 0 Å². The molecule has 82 valence electrons. The van der Waals surface area contributed by atoms with E-state index < -0.39 is 0 Å². The Morgan fingerprint density at radius 3 is 3.12 bits per heavy atom. The lowest BCUT2D eigenvalue weighted by molar-refractivity contribution is 0.454. The third kappa shape index (κ3) is 1.42. The quantitative estimate of drug-likeness (QED) is 0.462. The predicted octanol–water partition coefficient (Wildman–Crippen LogP) is -0.477. The summed E-state index contributed by atoms with van der Waals surface area (Å²) >= 11 is 6.44. The first-order valence-electron chi connectivity index (χ1n) is 4.90. The van der Waals surface area contributed by atoms with Crippen LogP contribution in [0, 0.1) is 5.92 Å². The smallest absolute Gasteiger partial charge is 0.282 e. The zero-order valence-electron chi connectivity index (χ0n) is 8.51. The minimum atomic E-state index is -0.123. The molecule has 1 atom stereocenters. The van der Waals surface area contributed by atoms with Crippen molar-refractivity contribution in [3.8, 4) is 0 Å². The molecule has 5 nitrogen and oxygen atoms in total. The first-order valence-corrected chi connectivity index (χ1v) is 6.29. The summed E-state index contributed by atoms with van der Waals surface area (Å²) in [5, 5.41) is 1.22. The van der Waals surface area contributed by atoms with Crippen LogP contribution in [0.5, 0.6) is 0 Å². The molecule has 0 aliphatic carbocycles. The van der Waals surface area contributed by atoms with Crippen LogP contribution in [0.15, 0.2) is 19.9 Å². The Balaban J connectivity index is 2.36. The molecule has 1 aromatic rings. The average molecular weight is 252 g/mol. The number of hydrogen-bond acceptors (Lipinski definition) is 4. The topological polar surface area (TPSA) is 59.6 Å². The van der Waals surface area contributed by atoms with Crippen LogP contribution in [0.1, 0.15) is 6.92 Å². The maximum atomic E-state index is 12.1. The second kappa shape index (κ2) is 3.46. The van der Waals surface area contributed by atoms with E-state index in [9.17, 15) is 4.79 Å². The van der Waals surface area contributed by atoms with Gasteiger partial charge in [-0.25, -0.2) is 9.98 Å². The first-order chi connectivity index (χ1) is 7.65. The van der Waals surface area contributed by atoms with Gasteiger partial charge in [-0.1, -0.05) is 18.7 Å². The maximum absolute atomic E-state index is 12.1. The Labute approximate surface area is 100 Å². The lowest BCUT2D eigenvalue weighted by Gasteiger charge is -2.20. The summed E-state index contributed by atoms with van der Waals surface area (Å²) in [6, 6.07) is 0. The number of nitrogens with zero attached hydrogens (tertiary/aromatic N) is 4. The molecule has 0 saturated carbocycles. The highest BCUT2D eigenvalue weighted by Crippen LogP contribution is 2.22. The number of thiocarbonyl (C=S) groups is 1. The summed E-state index contributed by atoms with van der Waals surface area (Å²) in [5.74, 6) is 1.45. The second-order valence-electron chi connectivity index (χ2n) is 3.90. The van der Waals surface area contributed by atoms with Crippen LogP contribution in [0.25, 0.3) is 0 Å². The molecule has 0 bridgehead atoms. The largest absolute Gasteiger partial charge is 0.285 e. The average Bonchev–Trinajstić information content (AvgIpc) is 2.61. The van der Waals surface area contributed by atoms with Gasteiger partial charge in [0.1, 0.15) is 0 Å². The Kier molecular flexibility index (Phi) is 2.18. The number of rotatable bonds is 0. The number of hydrogen-bond donors (Lipinski definition) is 0. The predicted molar refractivity (Wildman–Crippen MR) is 63.3 cm³/mol. The number of aromatic nitrogens is 2. The Morgan fingerprint density at radius 1 is 1.50 bits per heavy atom. The lowest BCUT2D eigenvalue weighted by Crippen LogP contribution is -2.48. The molecule has 7 heteroatoms. The van der Waals surface area contributed by atoms with Crippen molar-refractivity contribution in [1.29, 1.82) is 0 Å². The molecule has 2 aliphatic rings. The highest BCUT2D eigenvalue weighted by Gasteiger charge is 2.20. The van der Waals surface area contributed by atoms with Crippen LogP contribution >= 0.6 is 24.0 Å². The first kappa shape index (κ1) is 10.1. The molecule has 3 heterocycles. The molecule has 16 heavy (non-hydrogen) atoms. The molecule has 3 rings (SSSR count). The van der Waals surface area contributed by atoms with Crippen molar-refractivity contribution >= 4 is 29.1 Å². The van der Waals surface area contributed by atoms with Crippen LogP contribution < -0.4 is 16.4 Å². The summed E-state index contributed by atoms with van der Waals surface area (Å²) in [7, 11) is 0. The van der Waals surface area contributed by atoms with Crippen LogP contribution in [-0.2, 0) is 6.54 Å². The van der Waals surface area contributed by atoms with Gasteiger partial charge in [0.25, 0.3) is 5.56 Å². The number of thioether (sulfide) groups is 1. The third-order valence-corrected chi connectivity index (χ3v) is 3.98. The highest BCUT2D eigenvalue weighted by atomic mass is 32.2. The van der Waals surface area contributed by atoms with Gasteiger partial charge in [0.05, 0.1) is 0 Å². The maximum Gasteiger partial charge on any atom is 0.282 e.